The summed E-state index contributed by atoms with van der Waals surface area (Å²) in [6.07, 6.45) is 3.37. The van der Waals surface area contributed by atoms with E-state index in [1.807, 2.05) is 54.6 Å². The van der Waals surface area contributed by atoms with Gasteiger partial charge in [0.1, 0.15) is 18.9 Å². The number of hydrogen-bond donors (Lipinski definition) is 2. The number of carbonyl (C=O) groups excluding carboxylic acids is 4. The van der Waals surface area contributed by atoms with Crippen LogP contribution in [-0.4, -0.2) is 39.0 Å². The summed E-state index contributed by atoms with van der Waals surface area (Å²) in [6.45, 7) is 0.0164. The monoisotopic (exact) mass is 542 g/mol. The van der Waals surface area contributed by atoms with Crippen molar-refractivity contribution in [3.05, 3.63) is 107 Å². The molecule has 5 rings (SSSR count). The number of thioether (sulfide) groups is 1. The van der Waals surface area contributed by atoms with Gasteiger partial charge in [-0.25, -0.2) is 4.39 Å². The first kappa shape index (κ1) is 25.9. The third kappa shape index (κ3) is 6.07. The smallest absolute Gasteiger partial charge is 0.294 e. The summed E-state index contributed by atoms with van der Waals surface area (Å²) in [5.74, 6) is -1.78. The molecule has 1 aliphatic heterocycles. The Bertz CT molecular complexity index is 1600. The molecule has 4 amide bonds. The molecule has 1 fully saturated rings. The third-order valence-electron chi connectivity index (χ3n) is 6.06. The molecular formula is C29H23FN4O4S. The van der Waals surface area contributed by atoms with E-state index in [2.05, 4.69) is 10.6 Å². The number of imide groups is 1. The van der Waals surface area contributed by atoms with Crippen LogP contribution < -0.4 is 10.6 Å². The number of benzene rings is 3. The van der Waals surface area contributed by atoms with Gasteiger partial charge in [-0.3, -0.25) is 24.1 Å². The first-order valence-corrected chi connectivity index (χ1v) is 12.9. The van der Waals surface area contributed by atoms with Crippen LogP contribution in [0.3, 0.4) is 0 Å². The number of carbonyl (C=O) groups is 4. The highest BCUT2D eigenvalue weighted by atomic mass is 32.2. The van der Waals surface area contributed by atoms with Crippen molar-refractivity contribution < 1.29 is 23.6 Å². The van der Waals surface area contributed by atoms with Gasteiger partial charge in [-0.15, -0.1) is 0 Å². The van der Waals surface area contributed by atoms with Crippen LogP contribution in [0.15, 0.2) is 90.0 Å². The number of rotatable bonds is 8. The van der Waals surface area contributed by atoms with Crippen molar-refractivity contribution >= 4 is 57.4 Å². The van der Waals surface area contributed by atoms with E-state index < -0.39 is 29.4 Å². The Kier molecular flexibility index (Phi) is 7.55. The Labute approximate surface area is 227 Å². The number of amides is 4. The Morgan fingerprint density at radius 3 is 2.36 bits per heavy atom. The van der Waals surface area contributed by atoms with Gasteiger partial charge >= 0.3 is 0 Å². The normalized spacial score (nSPS) is 14.3. The maximum Gasteiger partial charge on any atom is 0.294 e. The molecular weight excluding hydrogens is 519 g/mol. The molecule has 0 radical (unpaired) electrons. The second-order valence-corrected chi connectivity index (χ2v) is 9.81. The van der Waals surface area contributed by atoms with E-state index in [-0.39, 0.29) is 17.4 Å². The summed E-state index contributed by atoms with van der Waals surface area (Å²) in [5.41, 5.74) is 2.81. The topological polar surface area (TPSA) is 101 Å². The predicted molar refractivity (Wildman–Crippen MR) is 148 cm³/mol. The molecule has 4 aromatic rings. The lowest BCUT2D eigenvalue weighted by molar-refractivity contribution is -0.127. The minimum Gasteiger partial charge on any atom is -0.350 e. The molecule has 2 N–H and O–H groups in total. The fraction of sp³-hybridized carbons (Fsp3) is 0.103. The molecule has 1 aliphatic rings. The lowest BCUT2D eigenvalue weighted by Crippen LogP contribution is -2.36. The maximum atomic E-state index is 13.1. The Morgan fingerprint density at radius 2 is 1.59 bits per heavy atom. The largest absolute Gasteiger partial charge is 0.350 e. The number of para-hydroxylation sites is 1. The van der Waals surface area contributed by atoms with Crippen molar-refractivity contribution in [2.45, 2.75) is 13.1 Å². The van der Waals surface area contributed by atoms with Crippen LogP contribution in [0, 0.1) is 5.82 Å². The highest BCUT2D eigenvalue weighted by Gasteiger charge is 2.36. The van der Waals surface area contributed by atoms with Gasteiger partial charge in [-0.1, -0.05) is 48.5 Å². The van der Waals surface area contributed by atoms with Crippen LogP contribution in [0.25, 0.3) is 17.0 Å². The van der Waals surface area contributed by atoms with Crippen molar-refractivity contribution in [2.24, 2.45) is 0 Å². The fourth-order valence-corrected chi connectivity index (χ4v) is 5.01. The summed E-state index contributed by atoms with van der Waals surface area (Å²) in [5, 5.41) is 5.71. The second-order valence-electron chi connectivity index (χ2n) is 8.81. The molecule has 39 heavy (non-hydrogen) atoms. The van der Waals surface area contributed by atoms with Crippen LogP contribution in [0.2, 0.25) is 0 Å². The molecule has 8 nitrogen and oxygen atoms in total. The Morgan fingerprint density at radius 1 is 0.872 bits per heavy atom. The average molecular weight is 543 g/mol. The minimum absolute atomic E-state index is 0.0756. The Hall–Kier alpha value is -4.70. The maximum absolute atomic E-state index is 13.1. The van der Waals surface area contributed by atoms with Crippen molar-refractivity contribution in [1.29, 1.82) is 0 Å². The van der Waals surface area contributed by atoms with Gasteiger partial charge in [0, 0.05) is 34.9 Å². The number of fused-ring (bicyclic) bond motifs is 1. The summed E-state index contributed by atoms with van der Waals surface area (Å²) in [4.78, 5) is 51.7. The average Bonchev–Trinajstić information content (AvgIpc) is 3.41. The standard InChI is InChI=1S/C29H23FN4O4S/c30-21-10-12-22(13-11-21)32-27(36)18-34-28(37)25(39-29(34)38)14-20-16-33(24-9-5-4-8-23(20)24)17-26(35)31-15-19-6-2-1-3-7-19/h1-14,16H,15,17-18H2,(H,31,35)(H,32,36)/b25-14-. The van der Waals surface area contributed by atoms with Crippen LogP contribution >= 0.6 is 11.8 Å². The van der Waals surface area contributed by atoms with Gasteiger partial charge in [0.2, 0.25) is 11.8 Å². The van der Waals surface area contributed by atoms with Gasteiger partial charge in [-0.2, -0.15) is 0 Å². The van der Waals surface area contributed by atoms with Gasteiger partial charge in [-0.05, 0) is 53.7 Å². The van der Waals surface area contributed by atoms with Gasteiger partial charge in [0.25, 0.3) is 11.1 Å². The van der Waals surface area contributed by atoms with E-state index >= 15 is 0 Å². The quantitative estimate of drug-likeness (QED) is 0.313. The highest BCUT2D eigenvalue weighted by molar-refractivity contribution is 8.18. The fourth-order valence-electron chi connectivity index (χ4n) is 4.18. The van der Waals surface area contributed by atoms with Crippen LogP contribution in [-0.2, 0) is 27.5 Å². The van der Waals surface area contributed by atoms with E-state index in [9.17, 15) is 23.6 Å². The minimum atomic E-state index is -0.586. The van der Waals surface area contributed by atoms with Crippen LogP contribution in [0.1, 0.15) is 11.1 Å². The lowest BCUT2D eigenvalue weighted by Gasteiger charge is -2.12. The number of nitrogens with one attached hydrogen (secondary N) is 2. The summed E-state index contributed by atoms with van der Waals surface area (Å²) < 4.78 is 14.9. The summed E-state index contributed by atoms with van der Waals surface area (Å²) in [6, 6.07) is 22.2. The van der Waals surface area contributed by atoms with Crippen LogP contribution in [0.4, 0.5) is 14.9 Å². The van der Waals surface area contributed by atoms with E-state index in [4.69, 9.17) is 0 Å². The number of anilines is 1. The molecule has 0 spiro atoms. The molecule has 2 heterocycles. The second kappa shape index (κ2) is 11.4. The summed E-state index contributed by atoms with van der Waals surface area (Å²) in [7, 11) is 0. The Balaban J connectivity index is 1.30. The number of halogens is 1. The molecule has 0 atom stereocenters. The zero-order valence-corrected chi connectivity index (χ0v) is 21.4. The van der Waals surface area contributed by atoms with Gasteiger partial charge < -0.3 is 15.2 Å². The van der Waals surface area contributed by atoms with Crippen molar-refractivity contribution in [3.63, 3.8) is 0 Å². The van der Waals surface area contributed by atoms with E-state index in [0.29, 0.717) is 17.8 Å². The molecule has 10 heteroatoms. The van der Waals surface area contributed by atoms with Crippen molar-refractivity contribution in [1.82, 2.24) is 14.8 Å². The SMILES string of the molecule is O=C(Cn1cc(/C=C2\SC(=O)N(CC(=O)Nc3ccc(F)cc3)C2=O)c2ccccc21)NCc1ccccc1. The highest BCUT2D eigenvalue weighted by Crippen LogP contribution is 2.34. The van der Waals surface area contributed by atoms with Gasteiger partial charge in [0.15, 0.2) is 0 Å². The lowest BCUT2D eigenvalue weighted by atomic mass is 10.1. The summed E-state index contributed by atoms with van der Waals surface area (Å²) >= 11 is 0.745. The zero-order valence-electron chi connectivity index (χ0n) is 20.6. The number of aromatic nitrogens is 1. The first-order valence-electron chi connectivity index (χ1n) is 12.1. The molecule has 0 aliphatic carbocycles. The van der Waals surface area contributed by atoms with Crippen LogP contribution in [0.5, 0.6) is 0 Å². The van der Waals surface area contributed by atoms with E-state index in [0.717, 1.165) is 33.1 Å². The molecule has 0 bridgehead atoms. The van der Waals surface area contributed by atoms with Gasteiger partial charge in [0.05, 0.1) is 4.91 Å². The molecule has 0 unspecified atom stereocenters. The van der Waals surface area contributed by atoms with E-state index in [1.54, 1.807) is 16.8 Å². The molecule has 3 aromatic carbocycles. The zero-order chi connectivity index (χ0) is 27.4. The molecule has 1 aromatic heterocycles. The number of nitrogens with zero attached hydrogens (tertiary/aromatic N) is 2. The molecule has 0 saturated carbocycles. The predicted octanol–water partition coefficient (Wildman–Crippen LogP) is 4.77. The van der Waals surface area contributed by atoms with E-state index in [1.165, 1.54) is 24.3 Å². The number of hydrogen-bond acceptors (Lipinski definition) is 5. The van der Waals surface area contributed by atoms with Crippen molar-refractivity contribution in [3.8, 4) is 0 Å². The first-order chi connectivity index (χ1) is 18.9. The third-order valence-corrected chi connectivity index (χ3v) is 6.96. The van der Waals surface area contributed by atoms with Crippen molar-refractivity contribution in [2.75, 3.05) is 11.9 Å². The molecule has 1 saturated heterocycles. The molecule has 196 valence electrons.